The van der Waals surface area contributed by atoms with Crippen molar-refractivity contribution in [1.82, 2.24) is 10.2 Å². The molecule has 2 N–H and O–H groups in total. The van der Waals surface area contributed by atoms with Gasteiger partial charge in [-0.05, 0) is 30.7 Å². The zero-order valence-corrected chi connectivity index (χ0v) is 11.4. The molecule has 6 heteroatoms. The number of carboxylic acids is 1. The van der Waals surface area contributed by atoms with Crippen LogP contribution in [0, 0.1) is 6.92 Å². The molecule has 0 atom stereocenters. The quantitative estimate of drug-likeness (QED) is 0.914. The molecule has 0 bridgehead atoms. The van der Waals surface area contributed by atoms with Gasteiger partial charge in [-0.15, -0.1) is 0 Å². The summed E-state index contributed by atoms with van der Waals surface area (Å²) in [6.45, 7) is 1.92. The highest BCUT2D eigenvalue weighted by atomic mass is 79.9. The number of benzene rings is 1. The van der Waals surface area contributed by atoms with E-state index < -0.39 is 5.97 Å². The van der Waals surface area contributed by atoms with Gasteiger partial charge in [-0.1, -0.05) is 15.9 Å². The normalized spacial score (nSPS) is 10.4. The van der Waals surface area contributed by atoms with E-state index in [4.69, 9.17) is 9.84 Å². The molecular weight excluding hydrogens is 300 g/mol. The van der Waals surface area contributed by atoms with E-state index in [1.54, 1.807) is 7.11 Å². The van der Waals surface area contributed by atoms with Gasteiger partial charge >= 0.3 is 5.97 Å². The highest BCUT2D eigenvalue weighted by Gasteiger charge is 2.13. The van der Waals surface area contributed by atoms with Crippen molar-refractivity contribution in [1.29, 1.82) is 0 Å². The summed E-state index contributed by atoms with van der Waals surface area (Å²) in [4.78, 5) is 10.8. The zero-order chi connectivity index (χ0) is 13.3. The molecule has 1 aromatic carbocycles. The summed E-state index contributed by atoms with van der Waals surface area (Å²) in [5.74, 6) is -0.351. The highest BCUT2D eigenvalue weighted by molar-refractivity contribution is 9.10. The Bertz CT molecular complexity index is 607. The molecule has 0 fully saturated rings. The van der Waals surface area contributed by atoms with Crippen LogP contribution in [0.15, 0.2) is 22.7 Å². The monoisotopic (exact) mass is 310 g/mol. The molecule has 0 amide bonds. The van der Waals surface area contributed by atoms with E-state index in [0.29, 0.717) is 11.4 Å². The van der Waals surface area contributed by atoms with Gasteiger partial charge in [-0.25, -0.2) is 4.79 Å². The van der Waals surface area contributed by atoms with Gasteiger partial charge in [-0.3, -0.25) is 5.10 Å². The highest BCUT2D eigenvalue weighted by Crippen LogP contribution is 2.32. The van der Waals surface area contributed by atoms with Crippen molar-refractivity contribution in [3.8, 4) is 17.0 Å². The van der Waals surface area contributed by atoms with Crippen LogP contribution in [-0.4, -0.2) is 28.4 Å². The van der Waals surface area contributed by atoms with Gasteiger partial charge in [0.1, 0.15) is 11.4 Å². The van der Waals surface area contributed by atoms with E-state index in [9.17, 15) is 4.79 Å². The fraction of sp³-hybridized carbons (Fsp3) is 0.167. The summed E-state index contributed by atoms with van der Waals surface area (Å²) in [6, 6.07) is 5.17. The van der Waals surface area contributed by atoms with Crippen LogP contribution in [0.2, 0.25) is 0 Å². The van der Waals surface area contributed by atoms with Crippen LogP contribution in [0.5, 0.6) is 5.75 Å². The zero-order valence-electron chi connectivity index (χ0n) is 9.82. The number of nitrogens with zero attached hydrogens (tertiary/aromatic N) is 1. The van der Waals surface area contributed by atoms with Crippen molar-refractivity contribution in [2.75, 3.05) is 7.11 Å². The summed E-state index contributed by atoms with van der Waals surface area (Å²) in [5.41, 5.74) is 2.43. The minimum atomic E-state index is -1.03. The maximum atomic E-state index is 10.8. The fourth-order valence-corrected chi connectivity index (χ4v) is 2.05. The lowest BCUT2D eigenvalue weighted by molar-refractivity contribution is 0.0690. The second-order valence-corrected chi connectivity index (χ2v) is 4.61. The summed E-state index contributed by atoms with van der Waals surface area (Å²) in [5, 5.41) is 15.3. The lowest BCUT2D eigenvalue weighted by atomic mass is 10.1. The number of nitrogens with one attached hydrogen (secondary N) is 1. The van der Waals surface area contributed by atoms with Gasteiger partial charge in [0.15, 0.2) is 0 Å². The van der Waals surface area contributed by atoms with Crippen molar-refractivity contribution < 1.29 is 14.6 Å². The van der Waals surface area contributed by atoms with E-state index in [-0.39, 0.29) is 5.69 Å². The number of aromatic amines is 1. The maximum absolute atomic E-state index is 10.8. The predicted molar refractivity (Wildman–Crippen MR) is 70.0 cm³/mol. The van der Waals surface area contributed by atoms with Crippen LogP contribution in [0.1, 0.15) is 16.1 Å². The molecule has 5 nitrogen and oxygen atoms in total. The number of aromatic nitrogens is 2. The summed E-state index contributed by atoms with van der Waals surface area (Å²) >= 11 is 3.44. The molecule has 0 unspecified atom stereocenters. The molecule has 0 aliphatic heterocycles. The molecule has 2 aromatic rings. The fourth-order valence-electron chi connectivity index (χ4n) is 1.61. The standard InChI is InChI=1S/C12H11BrN2O3/c1-6-8(3-7(18-2)4-9(6)13)10-5-11(12(16)17)15-14-10/h3-5H,1-2H3,(H,14,15)(H,16,17). The van der Waals surface area contributed by atoms with E-state index >= 15 is 0 Å². The molecule has 94 valence electrons. The number of methoxy groups -OCH3 is 1. The first-order valence-corrected chi connectivity index (χ1v) is 5.95. The van der Waals surface area contributed by atoms with Gasteiger partial charge < -0.3 is 9.84 Å². The Hall–Kier alpha value is -1.82. The third-order valence-electron chi connectivity index (χ3n) is 2.64. The SMILES string of the molecule is COc1cc(Br)c(C)c(-c2cc(C(=O)O)[nH]n2)c1. The predicted octanol–water partition coefficient (Wildman–Crippen LogP) is 2.85. The van der Waals surface area contributed by atoms with Crippen LogP contribution >= 0.6 is 15.9 Å². The van der Waals surface area contributed by atoms with Crippen molar-refractivity contribution in [3.05, 3.63) is 33.9 Å². The number of rotatable bonds is 3. The number of halogens is 1. The Morgan fingerprint density at radius 1 is 1.44 bits per heavy atom. The van der Waals surface area contributed by atoms with Gasteiger partial charge in [0.05, 0.1) is 12.8 Å². The average molecular weight is 311 g/mol. The lowest BCUT2D eigenvalue weighted by Gasteiger charge is -2.08. The van der Waals surface area contributed by atoms with Crippen molar-refractivity contribution in [3.63, 3.8) is 0 Å². The largest absolute Gasteiger partial charge is 0.497 e. The van der Waals surface area contributed by atoms with E-state index in [1.165, 1.54) is 6.07 Å². The number of carbonyl (C=O) groups is 1. The van der Waals surface area contributed by atoms with Crippen molar-refractivity contribution >= 4 is 21.9 Å². The molecule has 0 aliphatic rings. The molecule has 1 aromatic heterocycles. The smallest absolute Gasteiger partial charge is 0.353 e. The number of hydrogen-bond donors (Lipinski definition) is 2. The third kappa shape index (κ3) is 2.24. The Balaban J connectivity index is 2.55. The molecule has 0 saturated heterocycles. The topological polar surface area (TPSA) is 75.2 Å². The number of aromatic carboxylic acids is 1. The Morgan fingerprint density at radius 3 is 2.72 bits per heavy atom. The average Bonchev–Trinajstić information content (AvgIpc) is 2.82. The van der Waals surface area contributed by atoms with Gasteiger partial charge in [0.25, 0.3) is 0 Å². The van der Waals surface area contributed by atoms with Crippen molar-refractivity contribution in [2.24, 2.45) is 0 Å². The maximum Gasteiger partial charge on any atom is 0.353 e. The Labute approximate surface area is 112 Å². The van der Waals surface area contributed by atoms with E-state index in [2.05, 4.69) is 26.1 Å². The third-order valence-corrected chi connectivity index (χ3v) is 3.46. The van der Waals surface area contributed by atoms with Gasteiger partial charge in [0.2, 0.25) is 0 Å². The Kier molecular flexibility index (Phi) is 3.38. The first-order chi connectivity index (χ1) is 8.52. The molecule has 1 heterocycles. The number of carboxylic acid groups (broad SMARTS) is 1. The molecule has 0 aliphatic carbocycles. The summed E-state index contributed by atoms with van der Waals surface area (Å²) < 4.78 is 6.07. The molecule has 18 heavy (non-hydrogen) atoms. The van der Waals surface area contributed by atoms with Gasteiger partial charge in [-0.2, -0.15) is 5.10 Å². The number of ether oxygens (including phenoxy) is 1. The molecular formula is C12H11BrN2O3. The van der Waals surface area contributed by atoms with Gasteiger partial charge in [0, 0.05) is 10.0 Å². The summed E-state index contributed by atoms with van der Waals surface area (Å²) in [6.07, 6.45) is 0. The minimum Gasteiger partial charge on any atom is -0.497 e. The lowest BCUT2D eigenvalue weighted by Crippen LogP contribution is -1.95. The van der Waals surface area contributed by atoms with Crippen LogP contribution in [-0.2, 0) is 0 Å². The molecule has 0 spiro atoms. The van der Waals surface area contributed by atoms with Crippen molar-refractivity contribution in [2.45, 2.75) is 6.92 Å². The number of hydrogen-bond acceptors (Lipinski definition) is 3. The van der Waals surface area contributed by atoms with E-state index in [1.807, 2.05) is 19.1 Å². The second kappa shape index (κ2) is 4.81. The van der Waals surface area contributed by atoms with Crippen LogP contribution in [0.3, 0.4) is 0 Å². The minimum absolute atomic E-state index is 0.0587. The van der Waals surface area contributed by atoms with Crippen LogP contribution in [0.4, 0.5) is 0 Å². The first-order valence-electron chi connectivity index (χ1n) is 5.16. The molecule has 0 radical (unpaired) electrons. The van der Waals surface area contributed by atoms with Crippen LogP contribution < -0.4 is 4.74 Å². The molecule has 2 rings (SSSR count). The Morgan fingerprint density at radius 2 is 2.17 bits per heavy atom. The summed E-state index contributed by atoms with van der Waals surface area (Å²) in [7, 11) is 1.58. The first kappa shape index (κ1) is 12.6. The number of H-pyrrole nitrogens is 1. The second-order valence-electron chi connectivity index (χ2n) is 3.75. The van der Waals surface area contributed by atoms with E-state index in [0.717, 1.165) is 15.6 Å². The van der Waals surface area contributed by atoms with Crippen LogP contribution in [0.25, 0.3) is 11.3 Å². The molecule has 0 saturated carbocycles.